The average Bonchev–Trinajstić information content (AvgIpc) is 2.16. The number of amides is 1. The zero-order chi connectivity index (χ0) is 10.6. The molecular weight excluding hydrogens is 237 g/mol. The van der Waals surface area contributed by atoms with Crippen LogP contribution >= 0.6 is 24.0 Å². The number of aromatic nitrogens is 1. The monoisotopic (exact) mass is 249 g/mol. The van der Waals surface area contributed by atoms with Crippen molar-refractivity contribution in [2.75, 3.05) is 0 Å². The van der Waals surface area contributed by atoms with Crippen molar-refractivity contribution in [2.24, 2.45) is 5.73 Å². The number of pyridine rings is 1. The summed E-state index contributed by atoms with van der Waals surface area (Å²) >= 11 is 5.61. The second-order valence-corrected chi connectivity index (χ2v) is 3.38. The van der Waals surface area contributed by atoms with Gasteiger partial charge in [0.05, 0.1) is 6.04 Å². The summed E-state index contributed by atoms with van der Waals surface area (Å²) in [5.41, 5.74) is 6.27. The second kappa shape index (κ2) is 6.61. The predicted molar refractivity (Wildman–Crippen MR) is 62.0 cm³/mol. The average molecular weight is 250 g/mol. The third-order valence-corrected chi connectivity index (χ3v) is 1.89. The topological polar surface area (TPSA) is 68.0 Å². The van der Waals surface area contributed by atoms with E-state index in [0.29, 0.717) is 11.7 Å². The van der Waals surface area contributed by atoms with E-state index in [0.717, 1.165) is 5.56 Å². The third kappa shape index (κ3) is 4.97. The number of halogens is 2. The first-order valence-electron chi connectivity index (χ1n) is 4.23. The van der Waals surface area contributed by atoms with Crippen LogP contribution in [0.15, 0.2) is 18.3 Å². The molecule has 1 heterocycles. The number of rotatable bonds is 3. The van der Waals surface area contributed by atoms with Gasteiger partial charge in [0.15, 0.2) is 0 Å². The number of carbonyl (C=O) groups is 1. The molecule has 0 fully saturated rings. The molecule has 0 bridgehead atoms. The molecule has 0 aliphatic heterocycles. The number of hydrogen-bond acceptors (Lipinski definition) is 3. The molecule has 6 heteroatoms. The van der Waals surface area contributed by atoms with Gasteiger partial charge in [0.2, 0.25) is 5.91 Å². The highest BCUT2D eigenvalue weighted by atomic mass is 35.5. The van der Waals surface area contributed by atoms with Gasteiger partial charge >= 0.3 is 0 Å². The van der Waals surface area contributed by atoms with Crippen molar-refractivity contribution < 1.29 is 4.79 Å². The molecule has 3 N–H and O–H groups in total. The molecule has 1 atom stereocenters. The van der Waals surface area contributed by atoms with E-state index in [-0.39, 0.29) is 18.3 Å². The van der Waals surface area contributed by atoms with Crippen LogP contribution in [-0.2, 0) is 11.3 Å². The number of nitrogens with two attached hydrogens (primary N) is 1. The van der Waals surface area contributed by atoms with Gasteiger partial charge in [-0.3, -0.25) is 4.79 Å². The van der Waals surface area contributed by atoms with Gasteiger partial charge in [-0.15, -0.1) is 12.4 Å². The maximum absolute atomic E-state index is 11.1. The van der Waals surface area contributed by atoms with E-state index >= 15 is 0 Å². The van der Waals surface area contributed by atoms with Crippen molar-refractivity contribution in [1.82, 2.24) is 10.3 Å². The SMILES string of the molecule is C[C@@H](N)C(=O)NCc1ccc(Cl)nc1.Cl. The Morgan fingerprint density at radius 1 is 1.67 bits per heavy atom. The molecule has 4 nitrogen and oxygen atoms in total. The molecule has 84 valence electrons. The Morgan fingerprint density at radius 3 is 2.80 bits per heavy atom. The molecule has 1 aromatic heterocycles. The van der Waals surface area contributed by atoms with Gasteiger partial charge in [-0.2, -0.15) is 0 Å². The Balaban J connectivity index is 0.00000196. The van der Waals surface area contributed by atoms with E-state index in [1.54, 1.807) is 25.3 Å². The van der Waals surface area contributed by atoms with E-state index in [2.05, 4.69) is 10.3 Å². The summed E-state index contributed by atoms with van der Waals surface area (Å²) in [5, 5.41) is 3.11. The Kier molecular flexibility index (Phi) is 6.24. The lowest BCUT2D eigenvalue weighted by Crippen LogP contribution is -2.37. The van der Waals surface area contributed by atoms with Crippen LogP contribution in [-0.4, -0.2) is 16.9 Å². The summed E-state index contributed by atoms with van der Waals surface area (Å²) in [6.45, 7) is 2.06. The second-order valence-electron chi connectivity index (χ2n) is 3.00. The highest BCUT2D eigenvalue weighted by molar-refractivity contribution is 6.29. The quantitative estimate of drug-likeness (QED) is 0.790. The summed E-state index contributed by atoms with van der Waals surface area (Å²) in [4.78, 5) is 15.0. The molecule has 0 radical (unpaired) electrons. The van der Waals surface area contributed by atoms with Crippen molar-refractivity contribution in [1.29, 1.82) is 0 Å². The van der Waals surface area contributed by atoms with Crippen molar-refractivity contribution in [3.8, 4) is 0 Å². The van der Waals surface area contributed by atoms with Gasteiger partial charge in [0.1, 0.15) is 5.15 Å². The summed E-state index contributed by atoms with van der Waals surface area (Å²) in [6.07, 6.45) is 1.61. The summed E-state index contributed by atoms with van der Waals surface area (Å²) in [5.74, 6) is -0.181. The fourth-order valence-electron chi connectivity index (χ4n) is 0.861. The molecule has 0 aromatic carbocycles. The van der Waals surface area contributed by atoms with Gasteiger partial charge in [-0.1, -0.05) is 17.7 Å². The molecule has 0 unspecified atom stereocenters. The Hall–Kier alpha value is -0.840. The highest BCUT2D eigenvalue weighted by Gasteiger charge is 2.05. The van der Waals surface area contributed by atoms with E-state index in [4.69, 9.17) is 17.3 Å². The highest BCUT2D eigenvalue weighted by Crippen LogP contribution is 2.04. The minimum Gasteiger partial charge on any atom is -0.351 e. The third-order valence-electron chi connectivity index (χ3n) is 1.67. The smallest absolute Gasteiger partial charge is 0.236 e. The molecule has 0 spiro atoms. The molecule has 1 amide bonds. The molecular formula is C9H13Cl2N3O. The van der Waals surface area contributed by atoms with Crippen LogP contribution in [0.5, 0.6) is 0 Å². The van der Waals surface area contributed by atoms with Crippen molar-refractivity contribution in [3.05, 3.63) is 29.0 Å². The van der Waals surface area contributed by atoms with E-state index in [9.17, 15) is 4.79 Å². The Bertz CT molecular complexity index is 314. The summed E-state index contributed by atoms with van der Waals surface area (Å²) < 4.78 is 0. The van der Waals surface area contributed by atoms with Crippen LogP contribution in [0.2, 0.25) is 5.15 Å². The summed E-state index contributed by atoms with van der Waals surface area (Å²) in [7, 11) is 0. The molecule has 15 heavy (non-hydrogen) atoms. The minimum absolute atomic E-state index is 0. The number of nitrogens with one attached hydrogen (secondary N) is 1. The molecule has 1 rings (SSSR count). The number of nitrogens with zero attached hydrogens (tertiary/aromatic N) is 1. The normalized spacial score (nSPS) is 11.4. The van der Waals surface area contributed by atoms with Gasteiger partial charge in [0, 0.05) is 12.7 Å². The van der Waals surface area contributed by atoms with Crippen molar-refractivity contribution in [2.45, 2.75) is 19.5 Å². The fourth-order valence-corrected chi connectivity index (χ4v) is 0.973. The van der Waals surface area contributed by atoms with Crippen LogP contribution in [0.4, 0.5) is 0 Å². The zero-order valence-electron chi connectivity index (χ0n) is 8.24. The first-order valence-corrected chi connectivity index (χ1v) is 4.61. The van der Waals surface area contributed by atoms with Crippen LogP contribution in [0, 0.1) is 0 Å². The fraction of sp³-hybridized carbons (Fsp3) is 0.333. The molecule has 0 saturated heterocycles. The van der Waals surface area contributed by atoms with Crippen molar-refractivity contribution in [3.63, 3.8) is 0 Å². The maximum atomic E-state index is 11.1. The lowest BCUT2D eigenvalue weighted by molar-refractivity contribution is -0.122. The Morgan fingerprint density at radius 2 is 2.33 bits per heavy atom. The molecule has 0 aliphatic rings. The van der Waals surface area contributed by atoms with E-state index in [1.807, 2.05) is 0 Å². The standard InChI is InChI=1S/C9H12ClN3O.ClH/c1-6(11)9(14)13-5-7-2-3-8(10)12-4-7;/h2-4,6H,5,11H2,1H3,(H,13,14);1H/t6-;/m1./s1. The van der Waals surface area contributed by atoms with Crippen LogP contribution in [0.25, 0.3) is 0 Å². The van der Waals surface area contributed by atoms with Gasteiger partial charge < -0.3 is 11.1 Å². The maximum Gasteiger partial charge on any atom is 0.236 e. The largest absolute Gasteiger partial charge is 0.351 e. The first kappa shape index (κ1) is 14.2. The predicted octanol–water partition coefficient (Wildman–Crippen LogP) is 1.12. The Labute approximate surface area is 99.6 Å². The van der Waals surface area contributed by atoms with Gasteiger partial charge in [-0.05, 0) is 18.6 Å². The van der Waals surface area contributed by atoms with Crippen LogP contribution in [0.3, 0.4) is 0 Å². The minimum atomic E-state index is -0.491. The number of hydrogen-bond donors (Lipinski definition) is 2. The first-order chi connectivity index (χ1) is 6.59. The lowest BCUT2D eigenvalue weighted by Gasteiger charge is -2.07. The molecule has 1 aromatic rings. The molecule has 0 saturated carbocycles. The van der Waals surface area contributed by atoms with Crippen molar-refractivity contribution >= 4 is 29.9 Å². The van der Waals surface area contributed by atoms with E-state index < -0.39 is 6.04 Å². The van der Waals surface area contributed by atoms with Crippen LogP contribution < -0.4 is 11.1 Å². The zero-order valence-corrected chi connectivity index (χ0v) is 9.81. The van der Waals surface area contributed by atoms with Gasteiger partial charge in [-0.25, -0.2) is 4.98 Å². The summed E-state index contributed by atoms with van der Waals surface area (Å²) in [6, 6.07) is 2.99. The number of carbonyl (C=O) groups excluding carboxylic acids is 1. The van der Waals surface area contributed by atoms with E-state index in [1.165, 1.54) is 0 Å². The molecule has 0 aliphatic carbocycles. The van der Waals surface area contributed by atoms with Gasteiger partial charge in [0.25, 0.3) is 0 Å². The van der Waals surface area contributed by atoms with Crippen LogP contribution in [0.1, 0.15) is 12.5 Å². The lowest BCUT2D eigenvalue weighted by atomic mass is 10.2.